The van der Waals surface area contributed by atoms with Gasteiger partial charge in [-0.3, -0.25) is 0 Å². The zero-order valence-electron chi connectivity index (χ0n) is 10.1. The average Bonchev–Trinajstić information content (AvgIpc) is 2.84. The van der Waals surface area contributed by atoms with Crippen LogP contribution in [0.5, 0.6) is 0 Å². The van der Waals surface area contributed by atoms with E-state index in [2.05, 4.69) is 5.10 Å². The summed E-state index contributed by atoms with van der Waals surface area (Å²) in [6.45, 7) is 0. The summed E-state index contributed by atoms with van der Waals surface area (Å²) in [7, 11) is 0. The lowest BCUT2D eigenvalue weighted by Crippen LogP contribution is -2.40. The van der Waals surface area contributed by atoms with Crippen LogP contribution in [0.3, 0.4) is 0 Å². The molecule has 0 aliphatic carbocycles. The smallest absolute Gasteiger partial charge is 0.191 e. The Hall–Kier alpha value is -2.40. The van der Waals surface area contributed by atoms with Gasteiger partial charge in [0.05, 0.1) is 17.4 Å². The maximum atomic E-state index is 5.85. The Balaban J connectivity index is 2.18. The van der Waals surface area contributed by atoms with Crippen LogP contribution in [0, 0.1) is 0 Å². The van der Waals surface area contributed by atoms with E-state index in [1.54, 1.807) is 16.0 Å². The molecule has 19 heavy (non-hydrogen) atoms. The zero-order valence-corrected chi connectivity index (χ0v) is 10.9. The monoisotopic (exact) mass is 268 g/mol. The molecular weight excluding hydrogens is 256 g/mol. The van der Waals surface area contributed by atoms with Gasteiger partial charge >= 0.3 is 0 Å². The van der Waals surface area contributed by atoms with Crippen molar-refractivity contribution in [3.63, 3.8) is 0 Å². The summed E-state index contributed by atoms with van der Waals surface area (Å²) >= 11 is 5.15. The van der Waals surface area contributed by atoms with E-state index in [1.165, 1.54) is 0 Å². The molecule has 0 bridgehead atoms. The Bertz CT molecular complexity index is 720. The van der Waals surface area contributed by atoms with E-state index in [0.717, 1.165) is 16.6 Å². The summed E-state index contributed by atoms with van der Waals surface area (Å²) in [5, 5.41) is 7.37. The summed E-state index contributed by atoms with van der Waals surface area (Å²) < 4.78 is 0. The predicted octanol–water partition coefficient (Wildman–Crippen LogP) is 2.55. The molecule has 2 N–H and O–H groups in total. The minimum absolute atomic E-state index is 0.250. The molecule has 0 atom stereocenters. The molecule has 0 aliphatic rings. The van der Waals surface area contributed by atoms with Gasteiger partial charge in [0.25, 0.3) is 0 Å². The van der Waals surface area contributed by atoms with E-state index in [0.29, 0.717) is 0 Å². The van der Waals surface area contributed by atoms with Gasteiger partial charge in [0.15, 0.2) is 5.11 Å². The molecule has 94 valence electrons. The molecule has 3 rings (SSSR count). The van der Waals surface area contributed by atoms with Crippen molar-refractivity contribution >= 4 is 33.9 Å². The second-order valence-corrected chi connectivity index (χ2v) is 4.50. The molecule has 0 amide bonds. The highest BCUT2D eigenvalue weighted by Crippen LogP contribution is 2.19. The molecule has 5 heteroatoms. The van der Waals surface area contributed by atoms with Gasteiger partial charge in [-0.05, 0) is 30.4 Å². The maximum absolute atomic E-state index is 5.85. The molecule has 1 aromatic heterocycles. The normalized spacial score (nSPS) is 10.5. The van der Waals surface area contributed by atoms with Crippen LogP contribution in [-0.4, -0.2) is 15.0 Å². The second kappa shape index (κ2) is 4.70. The number of aromatic nitrogens is 2. The predicted molar refractivity (Wildman–Crippen MR) is 80.8 cm³/mol. The second-order valence-electron chi connectivity index (χ2n) is 4.08. The Morgan fingerprint density at radius 3 is 2.47 bits per heavy atom. The molecule has 0 radical (unpaired) electrons. The van der Waals surface area contributed by atoms with Crippen molar-refractivity contribution in [2.24, 2.45) is 5.73 Å². The SMILES string of the molecule is NC(=S)N(c1ccccc1)n1ncc2ccccc21. The zero-order chi connectivity index (χ0) is 13.2. The first-order valence-electron chi connectivity index (χ1n) is 5.85. The highest BCUT2D eigenvalue weighted by molar-refractivity contribution is 7.80. The Morgan fingerprint density at radius 1 is 1.05 bits per heavy atom. The number of fused-ring (bicyclic) bond motifs is 1. The van der Waals surface area contributed by atoms with Gasteiger partial charge < -0.3 is 5.73 Å². The fourth-order valence-electron chi connectivity index (χ4n) is 2.02. The number of benzene rings is 2. The van der Waals surface area contributed by atoms with E-state index in [9.17, 15) is 0 Å². The topological polar surface area (TPSA) is 47.1 Å². The van der Waals surface area contributed by atoms with Crippen molar-refractivity contribution in [1.82, 2.24) is 9.89 Å². The highest BCUT2D eigenvalue weighted by Gasteiger charge is 2.14. The van der Waals surface area contributed by atoms with E-state index in [1.807, 2.05) is 54.6 Å². The molecule has 0 saturated heterocycles. The van der Waals surface area contributed by atoms with Crippen LogP contribution in [0.1, 0.15) is 0 Å². The number of hydrogen-bond donors (Lipinski definition) is 1. The fourth-order valence-corrected chi connectivity index (χ4v) is 2.20. The summed E-state index contributed by atoms with van der Waals surface area (Å²) in [6.07, 6.45) is 1.80. The molecule has 4 nitrogen and oxygen atoms in total. The summed E-state index contributed by atoms with van der Waals surface area (Å²) in [4.78, 5) is 1.72. The van der Waals surface area contributed by atoms with Crippen LogP contribution >= 0.6 is 12.2 Å². The number of nitrogens with two attached hydrogens (primary N) is 1. The number of anilines is 1. The number of para-hydroxylation sites is 2. The van der Waals surface area contributed by atoms with Crippen LogP contribution in [0.4, 0.5) is 5.69 Å². The van der Waals surface area contributed by atoms with Gasteiger partial charge in [0.1, 0.15) is 0 Å². The van der Waals surface area contributed by atoms with E-state index < -0.39 is 0 Å². The van der Waals surface area contributed by atoms with Gasteiger partial charge in [0.2, 0.25) is 0 Å². The third-order valence-corrected chi connectivity index (χ3v) is 3.03. The standard InChI is InChI=1S/C14H12N4S/c15-14(19)17(12-7-2-1-3-8-12)18-13-9-5-4-6-11(13)10-16-18/h1-10H,(H2,15,19). The summed E-state index contributed by atoms with van der Waals surface area (Å²) in [5.41, 5.74) is 7.68. The molecule has 0 saturated carbocycles. The Kier molecular flexibility index (Phi) is 2.89. The highest BCUT2D eigenvalue weighted by atomic mass is 32.1. The van der Waals surface area contributed by atoms with Gasteiger partial charge in [-0.1, -0.05) is 36.4 Å². The quantitative estimate of drug-likeness (QED) is 0.726. The van der Waals surface area contributed by atoms with Gasteiger partial charge in [0, 0.05) is 5.39 Å². The maximum Gasteiger partial charge on any atom is 0.191 e. The Labute approximate surface area is 116 Å². The van der Waals surface area contributed by atoms with Crippen molar-refractivity contribution in [1.29, 1.82) is 0 Å². The fraction of sp³-hybridized carbons (Fsp3) is 0. The van der Waals surface area contributed by atoms with Crippen molar-refractivity contribution in [3.05, 3.63) is 60.8 Å². The molecule has 1 heterocycles. The number of rotatable bonds is 2. The summed E-state index contributed by atoms with van der Waals surface area (Å²) in [6, 6.07) is 17.6. The van der Waals surface area contributed by atoms with Crippen LogP contribution in [-0.2, 0) is 0 Å². The average molecular weight is 268 g/mol. The number of hydrogen-bond acceptors (Lipinski definition) is 2. The number of nitrogens with zero attached hydrogens (tertiary/aromatic N) is 3. The van der Waals surface area contributed by atoms with Gasteiger partial charge in [-0.25, -0.2) is 5.01 Å². The lowest BCUT2D eigenvalue weighted by molar-refractivity contribution is 0.746. The minimum Gasteiger partial charge on any atom is -0.374 e. The molecule has 0 unspecified atom stereocenters. The third kappa shape index (κ3) is 2.04. The van der Waals surface area contributed by atoms with Crippen LogP contribution in [0.15, 0.2) is 60.8 Å². The summed E-state index contributed by atoms with van der Waals surface area (Å²) in [5.74, 6) is 0. The minimum atomic E-state index is 0.250. The van der Waals surface area contributed by atoms with Gasteiger partial charge in [-0.2, -0.15) is 9.89 Å². The van der Waals surface area contributed by atoms with Crippen LogP contribution in [0.25, 0.3) is 10.9 Å². The number of thiocarbonyl (C=S) groups is 1. The lowest BCUT2D eigenvalue weighted by atomic mass is 10.3. The first kappa shape index (κ1) is 11.7. The molecule has 0 aliphatic heterocycles. The van der Waals surface area contributed by atoms with Gasteiger partial charge in [-0.15, -0.1) is 0 Å². The lowest BCUT2D eigenvalue weighted by Gasteiger charge is -2.23. The molecule has 3 aromatic rings. The molecule has 2 aromatic carbocycles. The third-order valence-electron chi connectivity index (χ3n) is 2.86. The van der Waals surface area contributed by atoms with Crippen molar-refractivity contribution < 1.29 is 0 Å². The van der Waals surface area contributed by atoms with E-state index in [-0.39, 0.29) is 5.11 Å². The van der Waals surface area contributed by atoms with Crippen LogP contribution < -0.4 is 10.7 Å². The van der Waals surface area contributed by atoms with E-state index in [4.69, 9.17) is 18.0 Å². The van der Waals surface area contributed by atoms with Crippen molar-refractivity contribution in [2.75, 3.05) is 5.01 Å². The largest absolute Gasteiger partial charge is 0.374 e. The van der Waals surface area contributed by atoms with Crippen molar-refractivity contribution in [2.45, 2.75) is 0 Å². The first-order valence-corrected chi connectivity index (χ1v) is 6.26. The first-order chi connectivity index (χ1) is 9.27. The van der Waals surface area contributed by atoms with E-state index >= 15 is 0 Å². The molecule has 0 spiro atoms. The van der Waals surface area contributed by atoms with Crippen molar-refractivity contribution in [3.8, 4) is 0 Å². The molecule has 0 fully saturated rings. The Morgan fingerprint density at radius 2 is 1.74 bits per heavy atom. The molecular formula is C14H12N4S. The van der Waals surface area contributed by atoms with Crippen LogP contribution in [0.2, 0.25) is 0 Å².